The van der Waals surface area contributed by atoms with Gasteiger partial charge in [0.15, 0.2) is 0 Å². The van der Waals surface area contributed by atoms with Crippen LogP contribution in [0, 0.1) is 0 Å². The zero-order chi connectivity index (χ0) is 8.44. The minimum absolute atomic E-state index is 0.524. The molecule has 3 heterocycles. The predicted molar refractivity (Wildman–Crippen MR) is 42.3 cm³/mol. The van der Waals surface area contributed by atoms with E-state index in [2.05, 4.69) is 4.90 Å². The molecule has 0 unspecified atom stereocenters. The molecule has 0 aromatic rings. The molecule has 3 aliphatic heterocycles. The van der Waals surface area contributed by atoms with Gasteiger partial charge in [0.1, 0.15) is 0 Å². The number of fused-ring (bicyclic) bond motifs is 6. The van der Waals surface area contributed by atoms with Crippen molar-refractivity contribution in [3.63, 3.8) is 0 Å². The molecule has 70 valence electrons. The van der Waals surface area contributed by atoms with Gasteiger partial charge in [0.2, 0.25) is 0 Å². The van der Waals surface area contributed by atoms with Crippen LogP contribution in [0.1, 0.15) is 0 Å². The fourth-order valence-electron chi connectivity index (χ4n) is 1.37. The van der Waals surface area contributed by atoms with E-state index in [1.54, 1.807) is 0 Å². The van der Waals surface area contributed by atoms with Gasteiger partial charge >= 0.3 is 74.4 Å². The summed E-state index contributed by atoms with van der Waals surface area (Å²) in [5, 5.41) is 0. The molecular weight excluding hydrogens is 223 g/mol. The second-order valence-electron chi connectivity index (χ2n) is 2.91. The Bertz CT molecular complexity index is 141. The van der Waals surface area contributed by atoms with Crippen LogP contribution in [0.3, 0.4) is 0 Å². The summed E-state index contributed by atoms with van der Waals surface area (Å²) in [4.78, 5) is 2.21. The molecule has 0 aromatic carbocycles. The molecule has 0 atom stereocenters. The molecule has 0 radical (unpaired) electrons. The summed E-state index contributed by atoms with van der Waals surface area (Å²) >= 11 is -3.71. The second kappa shape index (κ2) is 3.61. The third-order valence-corrected chi connectivity index (χ3v) is 5.66. The van der Waals surface area contributed by atoms with E-state index in [-0.39, 0.29) is 0 Å². The maximum atomic E-state index is 9.70. The fourth-order valence-corrected chi connectivity index (χ4v) is 4.09. The molecule has 3 saturated heterocycles. The Morgan fingerprint density at radius 3 is 1.75 bits per heavy atom. The van der Waals surface area contributed by atoms with Gasteiger partial charge in [-0.3, -0.25) is 0 Å². The van der Waals surface area contributed by atoms with Crippen LogP contribution in [-0.4, -0.2) is 63.1 Å². The Kier molecular flexibility index (Phi) is 2.68. The van der Waals surface area contributed by atoms with Crippen LogP contribution in [0.15, 0.2) is 0 Å². The van der Waals surface area contributed by atoms with Gasteiger partial charge in [-0.15, -0.1) is 0 Å². The molecule has 0 saturated carbocycles. The molecule has 0 aliphatic carbocycles. The van der Waals surface area contributed by atoms with E-state index >= 15 is 0 Å². The summed E-state index contributed by atoms with van der Waals surface area (Å²) in [6, 6.07) is 0. The summed E-state index contributed by atoms with van der Waals surface area (Å²) in [5.41, 5.74) is 0. The van der Waals surface area contributed by atoms with Gasteiger partial charge in [-0.25, -0.2) is 0 Å². The Balaban J connectivity index is 2.06. The summed E-state index contributed by atoms with van der Waals surface area (Å²) < 4.78 is 25.3. The standard InChI is InChI=1S/C6H13GeNO4/c9-7-10-4-1-8(2-5-11-7)3-6-12-7/h9H,1-6H2. The van der Waals surface area contributed by atoms with Crippen molar-refractivity contribution in [1.29, 1.82) is 0 Å². The molecule has 3 aliphatic rings. The molecule has 2 bridgehead atoms. The predicted octanol–water partition coefficient (Wildman–Crippen LogP) is -1.21. The van der Waals surface area contributed by atoms with Crippen LogP contribution in [0.25, 0.3) is 0 Å². The summed E-state index contributed by atoms with van der Waals surface area (Å²) in [5.74, 6) is 0. The van der Waals surface area contributed by atoms with E-state index in [0.29, 0.717) is 19.8 Å². The average Bonchev–Trinajstić information content (AvgIpc) is 1.93. The van der Waals surface area contributed by atoms with E-state index in [0.717, 1.165) is 19.6 Å². The first-order valence-corrected chi connectivity index (χ1v) is 7.66. The third kappa shape index (κ3) is 1.98. The third-order valence-electron chi connectivity index (χ3n) is 2.08. The van der Waals surface area contributed by atoms with Crippen molar-refractivity contribution in [2.45, 2.75) is 0 Å². The molecule has 3 fully saturated rings. The fraction of sp³-hybridized carbons (Fsp3) is 1.00. The van der Waals surface area contributed by atoms with Gasteiger partial charge in [0.25, 0.3) is 0 Å². The maximum absolute atomic E-state index is 9.70. The zero-order valence-corrected chi connectivity index (χ0v) is 8.96. The monoisotopic (exact) mass is 237 g/mol. The first kappa shape index (κ1) is 8.92. The van der Waals surface area contributed by atoms with Gasteiger partial charge in [-0.2, -0.15) is 0 Å². The van der Waals surface area contributed by atoms with E-state index in [1.807, 2.05) is 0 Å². The molecule has 3 rings (SSSR count). The first-order chi connectivity index (χ1) is 5.79. The Labute approximate surface area is 74.9 Å². The van der Waals surface area contributed by atoms with Gasteiger partial charge in [0.05, 0.1) is 0 Å². The second-order valence-corrected chi connectivity index (χ2v) is 6.93. The summed E-state index contributed by atoms with van der Waals surface area (Å²) in [7, 11) is 0. The minimum atomic E-state index is -3.71. The van der Waals surface area contributed by atoms with E-state index in [1.165, 1.54) is 0 Å². The number of hydrogen-bond donors (Lipinski definition) is 1. The van der Waals surface area contributed by atoms with Crippen molar-refractivity contribution in [2.75, 3.05) is 39.5 Å². The molecule has 0 spiro atoms. The Hall–Kier alpha value is 0.343. The molecular formula is C6H13GeNO4. The van der Waals surface area contributed by atoms with Gasteiger partial charge < -0.3 is 0 Å². The van der Waals surface area contributed by atoms with Gasteiger partial charge in [0, 0.05) is 0 Å². The average molecular weight is 236 g/mol. The van der Waals surface area contributed by atoms with Crippen LogP contribution in [0.2, 0.25) is 0 Å². The van der Waals surface area contributed by atoms with E-state index < -0.39 is 14.6 Å². The molecule has 12 heavy (non-hydrogen) atoms. The van der Waals surface area contributed by atoms with Crippen molar-refractivity contribution in [1.82, 2.24) is 4.90 Å². The number of rotatable bonds is 0. The van der Waals surface area contributed by atoms with Crippen molar-refractivity contribution < 1.29 is 15.4 Å². The van der Waals surface area contributed by atoms with Crippen molar-refractivity contribution in [3.05, 3.63) is 0 Å². The SMILES string of the molecule is [OH][Ge]12[O]CCN(CC[O]1)CC[O]2. The molecule has 5 nitrogen and oxygen atoms in total. The summed E-state index contributed by atoms with van der Waals surface area (Å²) in [6.07, 6.45) is 0. The van der Waals surface area contributed by atoms with Crippen LogP contribution in [0.4, 0.5) is 0 Å². The van der Waals surface area contributed by atoms with Gasteiger partial charge in [-0.1, -0.05) is 0 Å². The first-order valence-electron chi connectivity index (χ1n) is 4.15. The van der Waals surface area contributed by atoms with E-state index in [4.69, 9.17) is 11.3 Å². The molecule has 6 heteroatoms. The molecule has 0 amide bonds. The molecule has 0 aromatic heterocycles. The van der Waals surface area contributed by atoms with Crippen LogP contribution in [0.5, 0.6) is 0 Å². The Morgan fingerprint density at radius 1 is 0.917 bits per heavy atom. The number of nitrogens with zero attached hydrogens (tertiary/aromatic N) is 1. The van der Waals surface area contributed by atoms with Crippen molar-refractivity contribution in [2.24, 2.45) is 0 Å². The number of hydrogen-bond acceptors (Lipinski definition) is 5. The van der Waals surface area contributed by atoms with Crippen molar-refractivity contribution >= 4 is 14.6 Å². The van der Waals surface area contributed by atoms with Crippen molar-refractivity contribution in [3.8, 4) is 0 Å². The van der Waals surface area contributed by atoms with Crippen LogP contribution in [-0.2, 0) is 11.3 Å². The normalized spacial score (nSPS) is 43.2. The topological polar surface area (TPSA) is 51.2 Å². The summed E-state index contributed by atoms with van der Waals surface area (Å²) in [6.45, 7) is 4.20. The van der Waals surface area contributed by atoms with Gasteiger partial charge in [-0.05, 0) is 0 Å². The van der Waals surface area contributed by atoms with E-state index in [9.17, 15) is 4.13 Å². The molecule has 1 N–H and O–H groups in total. The Morgan fingerprint density at radius 2 is 1.33 bits per heavy atom. The zero-order valence-electron chi connectivity index (χ0n) is 6.86. The quantitative estimate of drug-likeness (QED) is 0.535. The van der Waals surface area contributed by atoms with Crippen LogP contribution >= 0.6 is 0 Å². The van der Waals surface area contributed by atoms with Crippen LogP contribution < -0.4 is 0 Å².